The summed E-state index contributed by atoms with van der Waals surface area (Å²) in [4.78, 5) is 12.8. The zero-order chi connectivity index (χ0) is 77.3. The number of aryl methyl sites for hydroxylation is 5. The standard InChI is InChI=1S/C14H17BrN2O3S.C14H15BrN2O3S.C14H15BrN.C11H16BrNO4S.C11H16BrNO3S.C9H10BrNO/c15-10-13-2-4-14(5-3-13)11-17-8-7-16(12-17)6-1-9-21(18,19)20;15-8-12-3-5-13(6-4-12)10-17-7-1-2-14(11-17)9-16-21(18,19)20;1-12-6-8-16(9-7-12)11-14-4-2-13(10-15)3-5-14;1-13(6-7-17-18(14,15)16)9-11-4-2-10(8-12)3-5-11;12-6-1-4-11-5-2-7-13(10-11)8-3-9-17(14,15)16;1-7-3-2-4-8(5-7)11-9(12)6-10/h2-5,7-8,12H,1,6,9-11H2;1-7,11,16H,8-10H2;2-9H,10-11H2,1H3;2-5H,6-9H2,1H3,(H,14,15,16);2,5,7,10H,1,3-4,6,8-9H2;2-5H,6H2,1H3,(H,11,12)/q;;+1;;;/p-1. The van der Waals surface area contributed by atoms with Crippen molar-refractivity contribution in [2.45, 2.75) is 107 Å². The largest absolute Gasteiger partial charge is 0.748 e. The van der Waals surface area contributed by atoms with Crippen molar-refractivity contribution < 1.29 is 79.1 Å². The van der Waals surface area contributed by atoms with Crippen molar-refractivity contribution in [2.75, 3.05) is 47.7 Å². The van der Waals surface area contributed by atoms with E-state index in [0.29, 0.717) is 50.9 Å². The van der Waals surface area contributed by atoms with Gasteiger partial charge in [0, 0.05) is 116 Å². The minimum absolute atomic E-state index is 0.00476. The Hall–Kier alpha value is -5.37. The molecule has 0 unspecified atom stereocenters. The maximum Gasteiger partial charge on any atom is 0.244 e. The third kappa shape index (κ3) is 44.0. The summed E-state index contributed by atoms with van der Waals surface area (Å²) >= 11 is 20.1. The van der Waals surface area contributed by atoms with E-state index in [-0.39, 0.29) is 30.6 Å². The van der Waals surface area contributed by atoms with E-state index in [1.807, 2.05) is 152 Å². The predicted octanol–water partition coefficient (Wildman–Crippen LogP) is 11.4. The fraction of sp³-hybridized carbons (Fsp3) is 0.329. The van der Waals surface area contributed by atoms with E-state index < -0.39 is 40.9 Å². The van der Waals surface area contributed by atoms with Gasteiger partial charge < -0.3 is 23.5 Å². The highest BCUT2D eigenvalue weighted by atomic mass is 79.9. The number of anilines is 1. The zero-order valence-corrected chi connectivity index (χ0v) is 71.1. The first-order valence-electron chi connectivity index (χ1n) is 32.7. The van der Waals surface area contributed by atoms with Gasteiger partial charge in [0.2, 0.25) is 22.6 Å². The molecule has 2 N–H and O–H groups in total. The number of carbonyl (C=O) groups is 1. The molecular formula is C73H88Br6N8O14S4. The van der Waals surface area contributed by atoms with Gasteiger partial charge in [0.05, 0.1) is 38.7 Å². The van der Waals surface area contributed by atoms with Crippen LogP contribution in [0.15, 0.2) is 214 Å². The Labute approximate surface area is 669 Å². The van der Waals surface area contributed by atoms with Crippen molar-refractivity contribution in [3.8, 4) is 0 Å². The minimum atomic E-state index is -4.58. The van der Waals surface area contributed by atoms with E-state index in [0.717, 1.165) is 80.5 Å². The number of nitrogens with one attached hydrogen (secondary N) is 2. The van der Waals surface area contributed by atoms with Crippen LogP contribution in [-0.2, 0) is 123 Å². The summed E-state index contributed by atoms with van der Waals surface area (Å²) in [5, 5.41) is 7.46. The van der Waals surface area contributed by atoms with Crippen LogP contribution in [-0.4, -0.2) is 110 Å². The Balaban J connectivity index is 0.000000269. The van der Waals surface area contributed by atoms with Crippen molar-refractivity contribution in [2.24, 2.45) is 0 Å². The molecule has 0 saturated carbocycles. The van der Waals surface area contributed by atoms with Gasteiger partial charge in [-0.2, -0.15) is 0 Å². The fourth-order valence-electron chi connectivity index (χ4n) is 9.41. The van der Waals surface area contributed by atoms with Crippen LogP contribution < -0.4 is 28.3 Å². The lowest BCUT2D eigenvalue weighted by Crippen LogP contribution is -2.34. The lowest BCUT2D eigenvalue weighted by Gasteiger charge is -2.17. The van der Waals surface area contributed by atoms with E-state index in [9.17, 15) is 56.7 Å². The van der Waals surface area contributed by atoms with E-state index in [2.05, 4.69) is 214 Å². The maximum absolute atomic E-state index is 10.9. The normalized spacial score (nSPS) is 11.3. The SMILES string of the molecule is CN(CCOS(=O)(=O)[O-])Cc1ccc(CBr)cc1.Cc1cc[n+](Cc2ccc(CBr)cc2)cc1.Cc1cccc(NC(=O)CBr)c1.O=S(=O)([O-])CCC[n+]1cccc(CCCBr)c1.O=S(=O)([O-])CCCn1cc[n+](Cc2ccc(CBr)cc2)c1.O=S(=O)([O-])NCc1ccc[n+](Cc2ccc(CBr)cc2)c1. The molecule has 0 atom stereocenters. The fourth-order valence-corrected chi connectivity index (χ4v) is 12.9. The topological polar surface area (TPSA) is 303 Å². The molecule has 570 valence electrons. The second-order valence-corrected chi connectivity index (χ2v) is 32.7. The van der Waals surface area contributed by atoms with Crippen molar-refractivity contribution in [1.82, 2.24) is 14.2 Å². The molecule has 32 heteroatoms. The number of hydrogen-bond acceptors (Lipinski definition) is 15. The van der Waals surface area contributed by atoms with Gasteiger partial charge in [-0.05, 0) is 109 Å². The van der Waals surface area contributed by atoms with Crippen molar-refractivity contribution in [3.63, 3.8) is 0 Å². The number of hydrogen-bond donors (Lipinski definition) is 2. The number of likely N-dealkylation sites (N-methyl/N-ethyl adjacent to an activating group) is 1. The van der Waals surface area contributed by atoms with E-state index in [1.54, 1.807) is 6.07 Å². The van der Waals surface area contributed by atoms with Gasteiger partial charge >= 0.3 is 0 Å². The summed E-state index contributed by atoms with van der Waals surface area (Å²) in [5.74, 6) is -0.647. The van der Waals surface area contributed by atoms with Crippen LogP contribution in [0.3, 0.4) is 0 Å². The van der Waals surface area contributed by atoms with Crippen LogP contribution >= 0.6 is 95.6 Å². The quantitative estimate of drug-likeness (QED) is 0.0171. The summed E-state index contributed by atoms with van der Waals surface area (Å²) in [6.07, 6.45) is 20.3. The van der Waals surface area contributed by atoms with Crippen LogP contribution in [0.25, 0.3) is 0 Å². The number of nitrogens with zero attached hydrogens (tertiary/aromatic N) is 6. The van der Waals surface area contributed by atoms with Gasteiger partial charge in [-0.3, -0.25) is 13.9 Å². The zero-order valence-electron chi connectivity index (χ0n) is 58.4. The molecule has 9 aromatic rings. The number of amides is 1. The molecule has 1 amide bonds. The molecule has 0 aliphatic carbocycles. The number of aromatic nitrogens is 5. The first kappa shape index (κ1) is 92.0. The molecule has 0 spiro atoms. The van der Waals surface area contributed by atoms with E-state index >= 15 is 0 Å². The highest BCUT2D eigenvalue weighted by Crippen LogP contribution is 2.14. The summed E-state index contributed by atoms with van der Waals surface area (Å²) in [5.41, 5.74) is 15.0. The molecule has 4 heterocycles. The van der Waals surface area contributed by atoms with Gasteiger partial charge in [-0.25, -0.2) is 61.2 Å². The number of imidazole rings is 1. The highest BCUT2D eigenvalue weighted by Gasteiger charge is 2.11. The number of rotatable bonds is 32. The van der Waals surface area contributed by atoms with Gasteiger partial charge in [0.25, 0.3) is 0 Å². The van der Waals surface area contributed by atoms with Gasteiger partial charge in [-0.1, -0.05) is 205 Å². The molecule has 5 aromatic carbocycles. The lowest BCUT2D eigenvalue weighted by molar-refractivity contribution is -0.697. The summed E-state index contributed by atoms with van der Waals surface area (Å²) < 4.78 is 141. The van der Waals surface area contributed by atoms with Crippen LogP contribution in [0, 0.1) is 13.8 Å². The molecule has 105 heavy (non-hydrogen) atoms. The second-order valence-electron chi connectivity index (χ2n) is 23.8. The summed E-state index contributed by atoms with van der Waals surface area (Å²) in [6, 6.07) is 52.9. The van der Waals surface area contributed by atoms with Gasteiger partial charge in [0.15, 0.2) is 60.6 Å². The van der Waals surface area contributed by atoms with Gasteiger partial charge in [-0.15, -0.1) is 0 Å². The Morgan fingerprint density at radius 2 is 0.981 bits per heavy atom. The van der Waals surface area contributed by atoms with E-state index in [1.165, 1.54) is 44.5 Å². The minimum Gasteiger partial charge on any atom is -0.748 e. The van der Waals surface area contributed by atoms with Gasteiger partial charge in [0.1, 0.15) is 25.5 Å². The molecule has 22 nitrogen and oxygen atoms in total. The Morgan fingerprint density at radius 3 is 1.47 bits per heavy atom. The molecule has 9 rings (SSSR count). The first-order valence-corrected chi connectivity index (χ1v) is 45.3. The molecule has 0 aliphatic rings. The number of pyridine rings is 3. The Bertz CT molecular complexity index is 4480. The van der Waals surface area contributed by atoms with Crippen molar-refractivity contribution in [3.05, 3.63) is 280 Å². The summed E-state index contributed by atoms with van der Waals surface area (Å²) in [7, 11) is -15.4. The van der Waals surface area contributed by atoms with Crippen LogP contribution in [0.2, 0.25) is 0 Å². The highest BCUT2D eigenvalue weighted by molar-refractivity contribution is 9.09. The van der Waals surface area contributed by atoms with Crippen LogP contribution in [0.5, 0.6) is 0 Å². The Morgan fingerprint density at radius 1 is 0.505 bits per heavy atom. The first-order chi connectivity index (χ1) is 49.8. The average Bonchev–Trinajstić information content (AvgIpc) is 1.59. The number of alkyl halides is 6. The average molecular weight is 1910 g/mol. The predicted molar refractivity (Wildman–Crippen MR) is 425 cm³/mol. The molecule has 0 radical (unpaired) electrons. The Kier molecular flexibility index (Phi) is 43.5. The number of carbonyl (C=O) groups excluding carboxylic acids is 1. The van der Waals surface area contributed by atoms with Crippen LogP contribution in [0.4, 0.5) is 5.69 Å². The van der Waals surface area contributed by atoms with E-state index in [4.69, 9.17) is 0 Å². The van der Waals surface area contributed by atoms with Crippen molar-refractivity contribution in [1.29, 1.82) is 0 Å². The monoisotopic (exact) mass is 1900 g/mol. The molecular weight excluding hydrogens is 1820 g/mol. The summed E-state index contributed by atoms with van der Waals surface area (Å²) in [6.45, 7) is 8.47. The molecule has 0 bridgehead atoms. The molecule has 0 fully saturated rings. The third-order valence-corrected chi connectivity index (χ3v) is 20.9. The third-order valence-electron chi connectivity index (χ3n) is 14.7. The smallest absolute Gasteiger partial charge is 0.244 e. The lowest BCUT2D eigenvalue weighted by atomic mass is 10.1. The molecule has 4 aromatic heterocycles. The molecule has 0 saturated heterocycles. The number of benzene rings is 5. The molecule has 0 aliphatic heterocycles. The second kappa shape index (κ2) is 49.6. The van der Waals surface area contributed by atoms with Crippen molar-refractivity contribution >= 4 is 148 Å². The maximum atomic E-state index is 10.9. The van der Waals surface area contributed by atoms with Crippen LogP contribution in [0.1, 0.15) is 86.0 Å². The number of halogens is 6.